The number of likely N-dealkylation sites (N-methyl/N-ethyl adjacent to an activating group) is 2. The Morgan fingerprint density at radius 2 is 1.22 bits per heavy atom. The van der Waals surface area contributed by atoms with Crippen molar-refractivity contribution in [3.63, 3.8) is 0 Å². The van der Waals surface area contributed by atoms with Crippen molar-refractivity contribution in [2.45, 2.75) is 224 Å². The Kier molecular flexibility index (Phi) is 48.1. The molecule has 145 heavy (non-hydrogen) atoms. The fraction of sp³-hybridized carbons (Fsp3) is 0.777. The van der Waals surface area contributed by atoms with E-state index < -0.39 is 130 Å². The van der Waals surface area contributed by atoms with Crippen LogP contribution in [-0.2, 0) is 109 Å². The first-order valence-corrected chi connectivity index (χ1v) is 52.8. The maximum atomic E-state index is 18.1. The van der Waals surface area contributed by atoms with E-state index in [9.17, 15) is 43.5 Å². The Hall–Kier alpha value is -8.09. The molecular formula is C103H167F2N14O26+. The summed E-state index contributed by atoms with van der Waals surface area (Å²) in [4.78, 5) is 122. The van der Waals surface area contributed by atoms with E-state index in [0.717, 1.165) is 86.4 Å². The molecule has 17 atom stereocenters. The lowest BCUT2D eigenvalue weighted by Gasteiger charge is -2.63. The van der Waals surface area contributed by atoms with Gasteiger partial charge in [-0.2, -0.15) is 0 Å². The van der Waals surface area contributed by atoms with Gasteiger partial charge in [0.1, 0.15) is 37.3 Å². The maximum absolute atomic E-state index is 18.1. The minimum Gasteiger partial charge on any atom is -0.486 e. The number of amides is 6. The minimum absolute atomic E-state index is 0.00318. The molecule has 11 rings (SSSR count). The molecule has 0 aromatic heterocycles. The average Bonchev–Trinajstić information content (AvgIpc) is 1.51. The molecule has 0 bridgehead atoms. The number of Topliss-reactive ketones (excluding diaryl/α,β-unsaturated/α-hetero) is 2. The van der Waals surface area contributed by atoms with Crippen LogP contribution in [0.25, 0.3) is 0 Å². The molecule has 42 heteroatoms. The van der Waals surface area contributed by atoms with Gasteiger partial charge < -0.3 is 133 Å². The summed E-state index contributed by atoms with van der Waals surface area (Å²) in [6.07, 6.45) is 7.83. The van der Waals surface area contributed by atoms with Crippen molar-refractivity contribution in [1.82, 2.24) is 63.8 Å². The third-order valence-electron chi connectivity index (χ3n) is 29.4. The highest BCUT2D eigenvalue weighted by Crippen LogP contribution is 2.72. The number of alkyl halides is 2. The van der Waals surface area contributed by atoms with E-state index in [1.807, 2.05) is 19.0 Å². The number of nitrogens with one attached hydrogen (secondary N) is 11. The molecule has 1 saturated heterocycles. The fourth-order valence-corrected chi connectivity index (χ4v) is 21.5. The predicted octanol–water partition coefficient (Wildman–Crippen LogP) is 5.88. The van der Waals surface area contributed by atoms with E-state index in [4.69, 9.17) is 75.8 Å². The predicted molar refractivity (Wildman–Crippen MR) is 531 cm³/mol. The minimum atomic E-state index is -2.38. The van der Waals surface area contributed by atoms with Crippen LogP contribution in [0.15, 0.2) is 70.9 Å². The smallest absolute Gasteiger partial charge is 0.407 e. The first kappa shape index (κ1) is 117. The molecule has 818 valence electrons. The summed E-state index contributed by atoms with van der Waals surface area (Å²) in [5, 5.41) is 36.5. The summed E-state index contributed by atoms with van der Waals surface area (Å²) < 4.78 is 129. The highest BCUT2D eigenvalue weighted by molar-refractivity contribution is 6.02. The number of allylic oxidation sites excluding steroid dienone is 7. The van der Waals surface area contributed by atoms with Gasteiger partial charge in [-0.25, -0.2) is 13.6 Å². The highest BCUT2D eigenvalue weighted by atomic mass is 19.1. The second kappa shape index (κ2) is 59.5. The Morgan fingerprint density at radius 1 is 0.628 bits per heavy atom. The molecule has 5 fully saturated rings. The summed E-state index contributed by atoms with van der Waals surface area (Å²) >= 11 is 0. The van der Waals surface area contributed by atoms with E-state index in [-0.39, 0.29) is 120 Å². The molecule has 12 N–H and O–H groups in total. The summed E-state index contributed by atoms with van der Waals surface area (Å²) in [6, 6.07) is 4.08. The van der Waals surface area contributed by atoms with Crippen LogP contribution in [-0.4, -0.2) is 366 Å². The van der Waals surface area contributed by atoms with Crippen molar-refractivity contribution in [3.05, 3.63) is 70.9 Å². The van der Waals surface area contributed by atoms with Gasteiger partial charge in [0.15, 0.2) is 29.1 Å². The number of ether oxygens (including phenoxy) is 16. The lowest BCUT2D eigenvalue weighted by molar-refractivity contribution is -0.869. The number of hydrogen-bond acceptors (Lipinski definition) is 33. The Labute approximate surface area is 853 Å². The maximum Gasteiger partial charge on any atom is 0.407 e. The van der Waals surface area contributed by atoms with Gasteiger partial charge in [-0.3, -0.25) is 48.4 Å². The molecule has 6 amide bonds. The Bertz CT molecular complexity index is 4390. The van der Waals surface area contributed by atoms with Crippen LogP contribution >= 0.6 is 0 Å². The Balaban J connectivity index is 0.580. The van der Waals surface area contributed by atoms with Crippen LogP contribution in [0.1, 0.15) is 170 Å². The van der Waals surface area contributed by atoms with Crippen LogP contribution in [0.4, 0.5) is 19.3 Å². The number of benzene rings is 1. The molecule has 0 spiro atoms. The molecule has 0 radical (unpaired) electrons. The van der Waals surface area contributed by atoms with Crippen molar-refractivity contribution in [2.75, 3.05) is 244 Å². The van der Waals surface area contributed by atoms with Crippen LogP contribution in [0.2, 0.25) is 0 Å². The van der Waals surface area contributed by atoms with E-state index in [1.54, 1.807) is 52.0 Å². The zero-order valence-corrected chi connectivity index (χ0v) is 87.1. The first-order chi connectivity index (χ1) is 69.9. The standard InChI is InChI=1S/C103H166F2N14O26/c1-11-17-94-144-90-65-78-79-64-81(104)80-63-73(120)29-32-100(80,5)102(79,105)88(122)66-101(78,6)103(90,145-94)89(123)68-141-74-23-21-72(22-24-74)110-97(127)71(4)62-86(121)95(70(2)3)112-98(128)83(18-15-16-33-107-93(126)69-142-87-20-14-12-13-19-85-96(87)114-116-118(85)38-45-135-51-57-140-61-59-136-52-46-130-40-30-91(124)108-34-39-119(8,9)10)111-92(125)31-41-131-47-53-137-58-60-139-55-49-133-43-36-109-99(129)143-67-77-75-25-27-82-84(28-26-76(75)77)117(115-113-82)37-44-134-50-56-138-54-48-132-42-35-106-7/h21-24,29,32,63,70-71,75-79,81,83,87-88,90,94-95,106,113-116,122H,11-20,25-28,30-31,33-62,64-69H2,1-10H3,(H5-,107,108,109,110,111,112,124,125,126,127,128,129)/p+1/t71-,75+,76-,77+,78+,79+,81+,83-,87?,88+,90-,94?,95+,100+,101+,102+,103-/m1/s1. The van der Waals surface area contributed by atoms with Crippen molar-refractivity contribution in [1.29, 1.82) is 0 Å². The summed E-state index contributed by atoms with van der Waals surface area (Å²) in [5.41, 5.74) is 11.1. The number of aliphatic hydroxyl groups excluding tert-OH is 1. The topological polar surface area (TPSA) is 460 Å². The molecular weight excluding hydrogens is 1890 g/mol. The number of carbonyl (C=O) groups is 9. The highest BCUT2D eigenvalue weighted by Gasteiger charge is 2.80. The SMILES string of the molecule is CCCC1O[C@@H]2C[C@H]3[C@@H]4C[C@H](F)C5=CC(=O)C=C[C@]5(C)[C@@]4(F)[C@@H](O)C[C@]3(C)[C@]2(C(=O)COc2ccc(NC(=O)[C@H](C)CC(=O)[C@@H](NC(=O)[C@@H](CCCCNC(=O)COC3CCCCCC4=C3NNN4CCOCCOCCOCCOCCC(=O)NCC[N+](C)(C)C)NC(=O)CCOCCOCCOCCOCCNC(=O)OC[C@@H]3[C@@H]4CCC5=C(CC[C@@H]43)NNN5CCOCCOCCOCCNC)C(C)C)cc2)O1. The number of hydrazine groups is 4. The molecule has 1 aromatic rings. The summed E-state index contributed by atoms with van der Waals surface area (Å²) in [7, 11) is 8.12. The van der Waals surface area contributed by atoms with Crippen LogP contribution in [0.5, 0.6) is 5.75 Å². The van der Waals surface area contributed by atoms with E-state index in [2.05, 4.69) is 85.3 Å². The number of quaternary nitrogens is 1. The van der Waals surface area contributed by atoms with Gasteiger partial charge in [-0.05, 0) is 175 Å². The van der Waals surface area contributed by atoms with Gasteiger partial charge in [0.2, 0.25) is 35.3 Å². The number of nitrogens with zero attached hydrogens (tertiary/aromatic N) is 3. The molecule has 3 aliphatic heterocycles. The second-order valence-electron chi connectivity index (χ2n) is 41.0. The fourth-order valence-electron chi connectivity index (χ4n) is 21.5. The third-order valence-corrected chi connectivity index (χ3v) is 29.4. The number of rotatable bonds is 70. The largest absolute Gasteiger partial charge is 0.486 e. The molecule has 7 aliphatic carbocycles. The number of halogens is 2. The monoisotopic (exact) mass is 2050 g/mol. The lowest BCUT2D eigenvalue weighted by Crippen LogP contribution is -2.71. The number of anilines is 1. The van der Waals surface area contributed by atoms with Gasteiger partial charge in [0, 0.05) is 72.9 Å². The molecule has 4 saturated carbocycles. The molecule has 3 heterocycles. The Morgan fingerprint density at radius 3 is 1.85 bits per heavy atom. The molecule has 2 unspecified atom stereocenters. The van der Waals surface area contributed by atoms with Crippen LogP contribution < -0.4 is 63.9 Å². The number of carbonyl (C=O) groups excluding carboxylic acids is 9. The number of hydrogen-bond donors (Lipinski definition) is 12. The molecule has 10 aliphatic rings. The van der Waals surface area contributed by atoms with Crippen molar-refractivity contribution >= 4 is 58.7 Å². The number of fused-ring (bicyclic) bond motifs is 8. The van der Waals surface area contributed by atoms with Gasteiger partial charge in [-0.1, -0.05) is 60.0 Å². The zero-order valence-electron chi connectivity index (χ0n) is 87.1. The van der Waals surface area contributed by atoms with E-state index in [0.29, 0.717) is 201 Å². The summed E-state index contributed by atoms with van der Waals surface area (Å²) in [5.74, 6) is -4.78. The summed E-state index contributed by atoms with van der Waals surface area (Å²) in [6.45, 7) is 22.4. The zero-order chi connectivity index (χ0) is 104. The quantitative estimate of drug-likeness (QED) is 0.0267. The van der Waals surface area contributed by atoms with Crippen LogP contribution in [0.3, 0.4) is 0 Å². The van der Waals surface area contributed by atoms with E-state index >= 15 is 13.6 Å². The lowest BCUT2D eigenvalue weighted by atomic mass is 9.44. The van der Waals surface area contributed by atoms with Crippen molar-refractivity contribution in [3.8, 4) is 5.75 Å². The molecule has 40 nitrogen and oxygen atoms in total. The van der Waals surface area contributed by atoms with Gasteiger partial charge in [-0.15, -0.1) is 11.1 Å². The van der Waals surface area contributed by atoms with Crippen molar-refractivity contribution < 1.29 is 137 Å². The number of unbranched alkanes of at least 4 members (excludes halogenated alkanes) is 1. The normalized spacial score (nSPS) is 26.2. The number of ketones is 3. The molecule has 1 aromatic carbocycles. The first-order valence-electron chi connectivity index (χ1n) is 52.8. The van der Waals surface area contributed by atoms with Gasteiger partial charge >= 0.3 is 6.09 Å². The average molecular weight is 2060 g/mol. The number of alkyl carbamates (subject to hydrolysis) is 1. The van der Waals surface area contributed by atoms with Gasteiger partial charge in [0.25, 0.3) is 0 Å². The van der Waals surface area contributed by atoms with E-state index in [1.165, 1.54) is 30.5 Å². The van der Waals surface area contributed by atoms with Crippen molar-refractivity contribution in [2.24, 2.45) is 52.3 Å². The van der Waals surface area contributed by atoms with Crippen LogP contribution in [0, 0.1) is 52.3 Å². The second-order valence-corrected chi connectivity index (χ2v) is 41.0. The third kappa shape index (κ3) is 34.2. The number of aliphatic hydroxyl groups is 1. The van der Waals surface area contributed by atoms with Gasteiger partial charge in [0.05, 0.1) is 235 Å².